The zero-order valence-electron chi connectivity index (χ0n) is 10.1. The molecule has 0 N–H and O–H groups in total. The lowest BCUT2D eigenvalue weighted by Crippen LogP contribution is -2.19. The number of halogens is 2. The molecule has 0 fully saturated rings. The third-order valence-electron chi connectivity index (χ3n) is 3.11. The Morgan fingerprint density at radius 3 is 2.89 bits per heavy atom. The number of fused-ring (bicyclic) bond motifs is 1. The summed E-state index contributed by atoms with van der Waals surface area (Å²) in [5.41, 5.74) is 1.44. The van der Waals surface area contributed by atoms with Crippen LogP contribution in [0, 0.1) is 0 Å². The molecule has 0 unspecified atom stereocenters. The van der Waals surface area contributed by atoms with Gasteiger partial charge in [0.05, 0.1) is 16.5 Å². The van der Waals surface area contributed by atoms with E-state index < -0.39 is 0 Å². The highest BCUT2D eigenvalue weighted by atomic mass is 35.5. The normalized spacial score (nSPS) is 17.8. The van der Waals surface area contributed by atoms with Crippen LogP contribution >= 0.6 is 35.0 Å². The van der Waals surface area contributed by atoms with Gasteiger partial charge in [0.1, 0.15) is 0 Å². The number of rotatable bonds is 2. The average molecular weight is 313 g/mol. The van der Waals surface area contributed by atoms with E-state index in [0.717, 1.165) is 24.0 Å². The van der Waals surface area contributed by atoms with E-state index in [1.165, 1.54) is 11.8 Å². The number of ketones is 1. The Balaban J connectivity index is 1.97. The Morgan fingerprint density at radius 1 is 1.42 bits per heavy atom. The van der Waals surface area contributed by atoms with Crippen molar-refractivity contribution < 1.29 is 4.79 Å². The van der Waals surface area contributed by atoms with E-state index in [4.69, 9.17) is 23.2 Å². The first-order valence-corrected chi connectivity index (χ1v) is 7.35. The Kier molecular flexibility index (Phi) is 3.33. The molecule has 98 valence electrons. The number of carbonyl (C=O) groups is 1. The fourth-order valence-electron chi connectivity index (χ4n) is 2.12. The summed E-state index contributed by atoms with van der Waals surface area (Å²) in [4.78, 5) is 19.7. The third-order valence-corrected chi connectivity index (χ3v) is 4.88. The zero-order valence-corrected chi connectivity index (χ0v) is 12.4. The Hall–Kier alpha value is -0.970. The molecule has 0 aliphatic carbocycles. The van der Waals surface area contributed by atoms with E-state index in [2.05, 4.69) is 9.89 Å². The molecule has 2 aliphatic rings. The maximum atomic E-state index is 12.5. The molecule has 3 nitrogen and oxygen atoms in total. The highest BCUT2D eigenvalue weighted by Crippen LogP contribution is 2.39. The molecule has 0 aromatic heterocycles. The molecule has 0 spiro atoms. The number of hydrogen-bond donors (Lipinski definition) is 0. The summed E-state index contributed by atoms with van der Waals surface area (Å²) in [6, 6.07) is 4.93. The van der Waals surface area contributed by atoms with Gasteiger partial charge >= 0.3 is 0 Å². The Morgan fingerprint density at radius 2 is 2.21 bits per heavy atom. The Labute approximate surface area is 125 Å². The van der Waals surface area contributed by atoms with Crippen molar-refractivity contribution in [2.75, 3.05) is 13.1 Å². The van der Waals surface area contributed by atoms with Crippen LogP contribution in [0.25, 0.3) is 0 Å². The predicted molar refractivity (Wildman–Crippen MR) is 80.1 cm³/mol. The number of amidine groups is 1. The van der Waals surface area contributed by atoms with Gasteiger partial charge in [-0.2, -0.15) is 0 Å². The standard InChI is InChI=1S/C13H10Cl2N2OS/c1-7-12(19-13-16-4-5-17(7)13)11(18)9-3-2-8(14)6-10(9)15/h2-3,6H,4-5H2,1H3. The molecule has 3 rings (SSSR count). The lowest BCUT2D eigenvalue weighted by molar-refractivity contribution is 0.104. The summed E-state index contributed by atoms with van der Waals surface area (Å²) in [6.45, 7) is 3.58. The smallest absolute Gasteiger partial charge is 0.203 e. The van der Waals surface area contributed by atoms with E-state index in [-0.39, 0.29) is 5.78 Å². The number of hydrogen-bond acceptors (Lipinski definition) is 4. The lowest BCUT2D eigenvalue weighted by Gasteiger charge is -2.12. The van der Waals surface area contributed by atoms with Crippen molar-refractivity contribution in [1.82, 2.24) is 4.90 Å². The van der Waals surface area contributed by atoms with Crippen molar-refractivity contribution in [2.24, 2.45) is 4.99 Å². The Bertz CT molecular complexity index is 640. The summed E-state index contributed by atoms with van der Waals surface area (Å²) in [5, 5.41) is 1.81. The van der Waals surface area contributed by atoms with Gasteiger partial charge in [0.2, 0.25) is 5.78 Å². The molecule has 0 atom stereocenters. The summed E-state index contributed by atoms with van der Waals surface area (Å²) >= 11 is 13.4. The van der Waals surface area contributed by atoms with Crippen LogP contribution in [-0.4, -0.2) is 28.9 Å². The molecule has 0 radical (unpaired) electrons. The average Bonchev–Trinajstić information content (AvgIpc) is 2.92. The SMILES string of the molecule is CC1=C(C(=O)c2ccc(Cl)cc2Cl)SC2=NCCN21. The van der Waals surface area contributed by atoms with Crippen LogP contribution in [0.1, 0.15) is 17.3 Å². The number of nitrogens with zero attached hydrogens (tertiary/aromatic N) is 2. The van der Waals surface area contributed by atoms with E-state index in [9.17, 15) is 4.79 Å². The fraction of sp³-hybridized carbons (Fsp3) is 0.231. The fourth-order valence-corrected chi connectivity index (χ4v) is 3.75. The van der Waals surface area contributed by atoms with Crippen molar-refractivity contribution in [1.29, 1.82) is 0 Å². The maximum absolute atomic E-state index is 12.5. The lowest BCUT2D eigenvalue weighted by atomic mass is 10.1. The van der Waals surface area contributed by atoms with Crippen molar-refractivity contribution in [3.63, 3.8) is 0 Å². The van der Waals surface area contributed by atoms with Gasteiger partial charge in [0.15, 0.2) is 5.17 Å². The molecule has 0 saturated carbocycles. The molecule has 2 aliphatic heterocycles. The number of carbonyl (C=O) groups excluding carboxylic acids is 1. The number of benzene rings is 1. The highest BCUT2D eigenvalue weighted by Gasteiger charge is 2.33. The highest BCUT2D eigenvalue weighted by molar-refractivity contribution is 8.18. The largest absolute Gasteiger partial charge is 0.322 e. The molecular formula is C13H10Cl2N2OS. The first-order chi connectivity index (χ1) is 9.08. The second-order valence-electron chi connectivity index (χ2n) is 4.29. The quantitative estimate of drug-likeness (QED) is 0.778. The van der Waals surface area contributed by atoms with Gasteiger partial charge in [0.25, 0.3) is 0 Å². The minimum atomic E-state index is -0.0683. The molecule has 1 aromatic rings. The molecule has 19 heavy (non-hydrogen) atoms. The van der Waals surface area contributed by atoms with Gasteiger partial charge in [-0.3, -0.25) is 9.79 Å². The van der Waals surface area contributed by atoms with Crippen molar-refractivity contribution in [3.05, 3.63) is 44.4 Å². The van der Waals surface area contributed by atoms with Crippen LogP contribution in [0.15, 0.2) is 33.8 Å². The second kappa shape index (κ2) is 4.85. The first-order valence-electron chi connectivity index (χ1n) is 5.78. The summed E-state index contributed by atoms with van der Waals surface area (Å²) < 4.78 is 0. The van der Waals surface area contributed by atoms with Crippen LogP contribution < -0.4 is 0 Å². The van der Waals surface area contributed by atoms with Crippen LogP contribution in [-0.2, 0) is 0 Å². The summed E-state index contributed by atoms with van der Waals surface area (Å²) in [5.74, 6) is -0.0683. The van der Waals surface area contributed by atoms with E-state index in [1.807, 2.05) is 6.92 Å². The maximum Gasteiger partial charge on any atom is 0.203 e. The van der Waals surface area contributed by atoms with Crippen LogP contribution in [0.5, 0.6) is 0 Å². The van der Waals surface area contributed by atoms with Crippen LogP contribution in [0.4, 0.5) is 0 Å². The van der Waals surface area contributed by atoms with E-state index in [0.29, 0.717) is 20.5 Å². The number of thioether (sulfide) groups is 1. The second-order valence-corrected chi connectivity index (χ2v) is 6.11. The first kappa shape index (κ1) is 13.0. The van der Waals surface area contributed by atoms with Crippen LogP contribution in [0.2, 0.25) is 10.0 Å². The zero-order chi connectivity index (χ0) is 13.6. The minimum Gasteiger partial charge on any atom is -0.322 e. The third kappa shape index (κ3) is 2.18. The topological polar surface area (TPSA) is 32.7 Å². The summed E-state index contributed by atoms with van der Waals surface area (Å²) in [6.07, 6.45) is 0. The minimum absolute atomic E-state index is 0.0683. The molecule has 6 heteroatoms. The molecule has 2 heterocycles. The van der Waals surface area contributed by atoms with Crippen molar-refractivity contribution >= 4 is 45.9 Å². The van der Waals surface area contributed by atoms with Gasteiger partial charge in [-0.05, 0) is 36.9 Å². The molecular weight excluding hydrogens is 303 g/mol. The van der Waals surface area contributed by atoms with Gasteiger partial charge in [-0.15, -0.1) is 0 Å². The summed E-state index contributed by atoms with van der Waals surface area (Å²) in [7, 11) is 0. The van der Waals surface area contributed by atoms with E-state index >= 15 is 0 Å². The number of allylic oxidation sites excluding steroid dienone is 2. The predicted octanol–water partition coefficient (Wildman–Crippen LogP) is 3.83. The molecule has 0 saturated heterocycles. The van der Waals surface area contributed by atoms with Gasteiger partial charge < -0.3 is 4.90 Å². The van der Waals surface area contributed by atoms with Gasteiger partial charge in [-0.1, -0.05) is 23.2 Å². The van der Waals surface area contributed by atoms with Gasteiger partial charge in [-0.25, -0.2) is 0 Å². The number of Topliss-reactive ketones (excluding diaryl/α,β-unsaturated/α-hetero) is 1. The van der Waals surface area contributed by atoms with E-state index in [1.54, 1.807) is 18.2 Å². The molecule has 1 aromatic carbocycles. The van der Waals surface area contributed by atoms with Crippen molar-refractivity contribution in [3.8, 4) is 0 Å². The van der Waals surface area contributed by atoms with Gasteiger partial charge in [0, 0.05) is 22.8 Å². The monoisotopic (exact) mass is 312 g/mol. The van der Waals surface area contributed by atoms with Crippen LogP contribution in [0.3, 0.4) is 0 Å². The molecule has 0 amide bonds. The van der Waals surface area contributed by atoms with Crippen molar-refractivity contribution in [2.45, 2.75) is 6.92 Å². The molecule has 0 bridgehead atoms. The number of aliphatic imine (C=N–C) groups is 1.